The van der Waals surface area contributed by atoms with Crippen LogP contribution < -0.4 is 0 Å². The Morgan fingerprint density at radius 2 is 0.879 bits per heavy atom. The normalized spacial score (nSPS) is 11.1. The zero-order valence-corrected chi connectivity index (χ0v) is 22.3. The maximum absolute atomic E-state index is 11.8. The molecule has 1 radical (unpaired) electrons. The minimum Gasteiger partial charge on any atom is -0.466 e. The van der Waals surface area contributed by atoms with E-state index < -0.39 is 0 Å². The fourth-order valence-electron chi connectivity index (χ4n) is 4.44. The van der Waals surface area contributed by atoms with E-state index in [0.717, 1.165) is 19.3 Å². The van der Waals surface area contributed by atoms with Gasteiger partial charge in [-0.1, -0.05) is 142 Å². The van der Waals surface area contributed by atoms with Crippen LogP contribution in [-0.4, -0.2) is 18.9 Å². The van der Waals surface area contributed by atoms with Gasteiger partial charge in [-0.25, -0.2) is 0 Å². The Morgan fingerprint density at radius 1 is 0.515 bits per heavy atom. The third-order valence-electron chi connectivity index (χ3n) is 6.67. The number of carbonyl (C=O) groups is 1. The van der Waals surface area contributed by atoms with Crippen LogP contribution in [0.5, 0.6) is 0 Å². The van der Waals surface area contributed by atoms with E-state index in [0.29, 0.717) is 19.4 Å². The standard InChI is InChI=1S/C30H57O3/c1-2-3-4-5-6-7-8-12-15-18-21-24-27-30(32)33-29-26-23-20-17-14-11-9-10-13-16-19-22-25-28-31/h2-27,29H2,1H3. The van der Waals surface area contributed by atoms with E-state index in [4.69, 9.17) is 4.74 Å². The molecule has 0 aliphatic rings. The topological polar surface area (TPSA) is 43.4 Å². The largest absolute Gasteiger partial charge is 0.466 e. The first-order valence-electron chi connectivity index (χ1n) is 14.8. The number of esters is 1. The fourth-order valence-corrected chi connectivity index (χ4v) is 4.44. The number of ether oxygens (including phenoxy) is 1. The van der Waals surface area contributed by atoms with Crippen molar-refractivity contribution in [3.05, 3.63) is 0 Å². The lowest BCUT2D eigenvalue weighted by atomic mass is 10.0. The van der Waals surface area contributed by atoms with Gasteiger partial charge in [-0.05, 0) is 19.3 Å². The van der Waals surface area contributed by atoms with Crippen LogP contribution in [0.3, 0.4) is 0 Å². The first-order chi connectivity index (χ1) is 16.3. The number of hydrogen-bond donors (Lipinski definition) is 0. The van der Waals surface area contributed by atoms with Gasteiger partial charge in [0.1, 0.15) is 0 Å². The Labute approximate surface area is 207 Å². The second-order valence-corrected chi connectivity index (χ2v) is 10.00. The number of hydrogen-bond acceptors (Lipinski definition) is 3. The van der Waals surface area contributed by atoms with Crippen molar-refractivity contribution >= 4 is 12.3 Å². The summed E-state index contributed by atoms with van der Waals surface area (Å²) in [6.07, 6.45) is 33.9. The maximum atomic E-state index is 11.8. The van der Waals surface area contributed by atoms with E-state index in [1.54, 1.807) is 0 Å². The van der Waals surface area contributed by atoms with E-state index in [9.17, 15) is 9.59 Å². The van der Waals surface area contributed by atoms with Gasteiger partial charge >= 0.3 is 5.97 Å². The van der Waals surface area contributed by atoms with Crippen LogP contribution in [0.25, 0.3) is 0 Å². The molecule has 0 rings (SSSR count). The molecule has 3 heteroatoms. The van der Waals surface area contributed by atoms with E-state index in [-0.39, 0.29) is 5.97 Å². The van der Waals surface area contributed by atoms with Crippen LogP contribution in [-0.2, 0) is 14.3 Å². The lowest BCUT2D eigenvalue weighted by Gasteiger charge is -2.06. The van der Waals surface area contributed by atoms with E-state index in [1.165, 1.54) is 135 Å². The Kier molecular flexibility index (Phi) is 28.4. The maximum Gasteiger partial charge on any atom is 0.305 e. The quantitative estimate of drug-likeness (QED) is 0.0852. The number of carbonyl (C=O) groups excluding carboxylic acids is 2. The molecule has 3 nitrogen and oxygen atoms in total. The summed E-state index contributed by atoms with van der Waals surface area (Å²) in [4.78, 5) is 21.9. The molecule has 0 saturated heterocycles. The van der Waals surface area contributed by atoms with E-state index >= 15 is 0 Å². The molecule has 0 aromatic heterocycles. The molecule has 0 atom stereocenters. The second kappa shape index (κ2) is 29.2. The molecule has 0 aromatic rings. The molecule has 0 fully saturated rings. The molecule has 0 spiro atoms. The number of rotatable bonds is 28. The van der Waals surface area contributed by atoms with Crippen LogP contribution in [0, 0.1) is 0 Å². The van der Waals surface area contributed by atoms with Crippen molar-refractivity contribution in [3.8, 4) is 0 Å². The van der Waals surface area contributed by atoms with E-state index in [1.807, 2.05) is 6.29 Å². The molecule has 0 heterocycles. The van der Waals surface area contributed by atoms with Crippen molar-refractivity contribution in [2.24, 2.45) is 0 Å². The van der Waals surface area contributed by atoms with Gasteiger partial charge < -0.3 is 4.74 Å². The molecule has 0 N–H and O–H groups in total. The molecule has 0 unspecified atom stereocenters. The van der Waals surface area contributed by atoms with Crippen molar-refractivity contribution in [2.75, 3.05) is 6.61 Å². The SMILES string of the molecule is CCCCCCCCCCCCCCC(=O)OCCCCCCCCCCCCCC[C]=O. The molecule has 0 amide bonds. The van der Waals surface area contributed by atoms with Crippen LogP contribution in [0.15, 0.2) is 0 Å². The zero-order chi connectivity index (χ0) is 24.1. The molecule has 195 valence electrons. The molecule has 0 aliphatic heterocycles. The lowest BCUT2D eigenvalue weighted by molar-refractivity contribution is -0.143. The van der Waals surface area contributed by atoms with Crippen molar-refractivity contribution in [3.63, 3.8) is 0 Å². The van der Waals surface area contributed by atoms with Gasteiger partial charge in [-0.3, -0.25) is 9.59 Å². The van der Waals surface area contributed by atoms with Crippen LogP contribution >= 0.6 is 0 Å². The first kappa shape index (κ1) is 32.1. The van der Waals surface area contributed by atoms with Crippen LogP contribution in [0.4, 0.5) is 0 Å². The zero-order valence-electron chi connectivity index (χ0n) is 22.3. The smallest absolute Gasteiger partial charge is 0.305 e. The second-order valence-electron chi connectivity index (χ2n) is 10.00. The van der Waals surface area contributed by atoms with Gasteiger partial charge in [0.15, 0.2) is 6.29 Å². The van der Waals surface area contributed by atoms with Gasteiger partial charge in [-0.15, -0.1) is 0 Å². The number of unbranched alkanes of at least 4 members (excludes halogenated alkanes) is 23. The van der Waals surface area contributed by atoms with Gasteiger partial charge in [0, 0.05) is 12.8 Å². The minimum atomic E-state index is 0.00590. The third kappa shape index (κ3) is 29.1. The Morgan fingerprint density at radius 3 is 1.30 bits per heavy atom. The Bertz CT molecular complexity index is 394. The summed E-state index contributed by atoms with van der Waals surface area (Å²) in [6, 6.07) is 0. The lowest BCUT2D eigenvalue weighted by Crippen LogP contribution is -2.05. The average molecular weight is 466 g/mol. The Hall–Kier alpha value is -0.860. The van der Waals surface area contributed by atoms with E-state index in [2.05, 4.69) is 6.92 Å². The molecular formula is C30H57O3. The van der Waals surface area contributed by atoms with Gasteiger partial charge in [0.25, 0.3) is 0 Å². The third-order valence-corrected chi connectivity index (χ3v) is 6.67. The highest BCUT2D eigenvalue weighted by atomic mass is 16.5. The summed E-state index contributed by atoms with van der Waals surface area (Å²) in [5.41, 5.74) is 0. The highest BCUT2D eigenvalue weighted by molar-refractivity contribution is 5.69. The molecule has 33 heavy (non-hydrogen) atoms. The fraction of sp³-hybridized carbons (Fsp3) is 0.933. The predicted molar refractivity (Wildman–Crippen MR) is 142 cm³/mol. The summed E-state index contributed by atoms with van der Waals surface area (Å²) in [6.45, 7) is 2.88. The molecule has 0 bridgehead atoms. The Balaban J connectivity index is 3.14. The van der Waals surface area contributed by atoms with Crippen molar-refractivity contribution in [1.82, 2.24) is 0 Å². The highest BCUT2D eigenvalue weighted by Crippen LogP contribution is 2.14. The van der Waals surface area contributed by atoms with Gasteiger partial charge in [-0.2, -0.15) is 0 Å². The first-order valence-corrected chi connectivity index (χ1v) is 14.8. The van der Waals surface area contributed by atoms with Gasteiger partial charge in [0.05, 0.1) is 6.61 Å². The van der Waals surface area contributed by atoms with Crippen molar-refractivity contribution in [2.45, 2.75) is 174 Å². The monoisotopic (exact) mass is 465 g/mol. The summed E-state index contributed by atoms with van der Waals surface area (Å²) in [5, 5.41) is 0. The van der Waals surface area contributed by atoms with Crippen molar-refractivity contribution < 1.29 is 14.3 Å². The summed E-state index contributed by atoms with van der Waals surface area (Å²) < 4.78 is 5.39. The molecule has 0 aliphatic carbocycles. The summed E-state index contributed by atoms with van der Waals surface area (Å²) in [7, 11) is 0. The molecule has 0 saturated carbocycles. The molecule has 0 aromatic carbocycles. The predicted octanol–water partition coefficient (Wildman–Crippen LogP) is 9.80. The van der Waals surface area contributed by atoms with Gasteiger partial charge in [0.2, 0.25) is 0 Å². The highest BCUT2D eigenvalue weighted by Gasteiger charge is 2.02. The summed E-state index contributed by atoms with van der Waals surface area (Å²) in [5.74, 6) is 0.00590. The summed E-state index contributed by atoms with van der Waals surface area (Å²) >= 11 is 0. The van der Waals surface area contributed by atoms with Crippen LogP contribution in [0.1, 0.15) is 174 Å². The van der Waals surface area contributed by atoms with Crippen LogP contribution in [0.2, 0.25) is 0 Å². The minimum absolute atomic E-state index is 0.00590. The van der Waals surface area contributed by atoms with Crippen molar-refractivity contribution in [1.29, 1.82) is 0 Å². The average Bonchev–Trinajstić information content (AvgIpc) is 2.82. The molecular weight excluding hydrogens is 408 g/mol.